The summed E-state index contributed by atoms with van der Waals surface area (Å²) in [4.78, 5) is 28.7. The Kier molecular flexibility index (Phi) is 7.76. The van der Waals surface area contributed by atoms with Gasteiger partial charge < -0.3 is 27.3 Å². The van der Waals surface area contributed by atoms with E-state index in [1.54, 1.807) is 12.1 Å². The van der Waals surface area contributed by atoms with Crippen LogP contribution in [-0.2, 0) is 10.3 Å². The number of para-hydroxylation sites is 1. The maximum absolute atomic E-state index is 14.3. The molecule has 0 aliphatic heterocycles. The van der Waals surface area contributed by atoms with Crippen LogP contribution in [0.5, 0.6) is 11.5 Å². The van der Waals surface area contributed by atoms with E-state index in [1.165, 1.54) is 11.3 Å². The maximum Gasteiger partial charge on any atom is 0.263 e. The van der Waals surface area contributed by atoms with Gasteiger partial charge in [-0.1, -0.05) is 43.7 Å². The second-order valence-corrected chi connectivity index (χ2v) is 12.8. The van der Waals surface area contributed by atoms with Gasteiger partial charge in [-0.3, -0.25) is 14.9 Å². The van der Waals surface area contributed by atoms with Crippen LogP contribution in [0.15, 0.2) is 60.7 Å². The lowest BCUT2D eigenvalue weighted by Gasteiger charge is -2.39. The molecule has 1 aromatic heterocycles. The van der Waals surface area contributed by atoms with Crippen LogP contribution in [-0.4, -0.2) is 23.9 Å². The summed E-state index contributed by atoms with van der Waals surface area (Å²) in [6.07, 6.45) is 5.89. The summed E-state index contributed by atoms with van der Waals surface area (Å²) < 4.78 is 6.74. The number of carbonyl (C=O) groups is 2. The summed E-state index contributed by atoms with van der Waals surface area (Å²) in [6, 6.07) is 17.5. The van der Waals surface area contributed by atoms with Crippen LogP contribution in [0.2, 0.25) is 0 Å². The van der Waals surface area contributed by atoms with E-state index in [4.69, 9.17) is 21.9 Å². The Morgan fingerprint density at radius 3 is 2.44 bits per heavy atom. The van der Waals surface area contributed by atoms with Crippen LogP contribution in [0, 0.1) is 6.92 Å². The van der Waals surface area contributed by atoms with E-state index in [0.717, 1.165) is 55.3 Å². The van der Waals surface area contributed by atoms with Crippen molar-refractivity contribution in [2.75, 3.05) is 12.3 Å². The fraction of sp³-hybridized carbons (Fsp3) is 0.353. The van der Waals surface area contributed by atoms with Crippen molar-refractivity contribution in [2.45, 2.75) is 69.6 Å². The summed E-state index contributed by atoms with van der Waals surface area (Å²) >= 11 is 1.29. The number of anilines is 1. The van der Waals surface area contributed by atoms with Crippen molar-refractivity contribution in [1.29, 1.82) is 0 Å². The predicted molar refractivity (Wildman–Crippen MR) is 172 cm³/mol. The van der Waals surface area contributed by atoms with E-state index in [2.05, 4.69) is 17.6 Å². The molecule has 1 heterocycles. The van der Waals surface area contributed by atoms with Crippen LogP contribution in [0.3, 0.4) is 0 Å². The van der Waals surface area contributed by atoms with E-state index in [9.17, 15) is 9.59 Å². The Labute approximate surface area is 256 Å². The van der Waals surface area contributed by atoms with Crippen molar-refractivity contribution in [3.05, 3.63) is 87.8 Å². The van der Waals surface area contributed by atoms with Gasteiger partial charge in [0.1, 0.15) is 17.0 Å². The van der Waals surface area contributed by atoms with Gasteiger partial charge in [0, 0.05) is 16.6 Å². The number of nitrogen functional groups attached to an aromatic ring is 1. The lowest BCUT2D eigenvalue weighted by molar-refractivity contribution is -0.124. The van der Waals surface area contributed by atoms with E-state index in [-0.39, 0.29) is 11.7 Å². The third kappa shape index (κ3) is 5.00. The van der Waals surface area contributed by atoms with Gasteiger partial charge in [0.15, 0.2) is 5.78 Å². The average molecular weight is 598 g/mol. The fourth-order valence-electron chi connectivity index (χ4n) is 6.73. The van der Waals surface area contributed by atoms with Crippen molar-refractivity contribution < 1.29 is 14.3 Å². The quantitative estimate of drug-likeness (QED) is 0.128. The van der Waals surface area contributed by atoms with Crippen LogP contribution < -0.4 is 32.6 Å². The van der Waals surface area contributed by atoms with Crippen LogP contribution >= 0.6 is 11.3 Å². The molecule has 2 atom stereocenters. The van der Waals surface area contributed by atoms with E-state index >= 15 is 0 Å². The number of nitrogens with two attached hydrogens (primary N) is 3. The zero-order valence-electron chi connectivity index (χ0n) is 24.7. The van der Waals surface area contributed by atoms with Crippen molar-refractivity contribution in [3.8, 4) is 11.5 Å². The summed E-state index contributed by atoms with van der Waals surface area (Å²) in [6.45, 7) is 4.82. The highest BCUT2D eigenvalue weighted by Crippen LogP contribution is 2.50. The second kappa shape index (κ2) is 11.4. The molecule has 1 fully saturated rings. The van der Waals surface area contributed by atoms with Crippen LogP contribution in [0.4, 0.5) is 5.69 Å². The van der Waals surface area contributed by atoms with Gasteiger partial charge in [-0.05, 0) is 92.6 Å². The number of hydrogen-bond acceptors (Lipinski definition) is 8. The topological polar surface area (TPSA) is 145 Å². The minimum Gasteiger partial charge on any atom is -0.457 e. The third-order valence-corrected chi connectivity index (χ3v) is 10.1. The Hall–Kier alpha value is -3.76. The van der Waals surface area contributed by atoms with Crippen molar-refractivity contribution >= 4 is 38.8 Å². The Balaban J connectivity index is 1.43. The molecular formula is C34H39N5O3S. The first-order valence-electron chi connectivity index (χ1n) is 15.0. The zero-order valence-corrected chi connectivity index (χ0v) is 25.5. The maximum atomic E-state index is 14.3. The molecule has 2 aliphatic rings. The average Bonchev–Trinajstić information content (AvgIpc) is 3.42. The zero-order chi connectivity index (χ0) is 30.4. The Morgan fingerprint density at radius 1 is 1.02 bits per heavy atom. The third-order valence-electron chi connectivity index (χ3n) is 8.89. The number of aryl methyl sites for hydroxylation is 1. The molecule has 0 bridgehead atoms. The predicted octanol–water partition coefficient (Wildman–Crippen LogP) is 5.76. The fourth-order valence-corrected chi connectivity index (χ4v) is 7.93. The van der Waals surface area contributed by atoms with Gasteiger partial charge in [-0.15, -0.1) is 11.3 Å². The first kappa shape index (κ1) is 29.3. The standard InChI is InChI=1S/C34H39N5O3S/c1-3-18-38-33(16-8-5-9-17-33)39-32(41)30-27-26-24(14-15-25(35)29(26)43-30)34(37,31(40)28(27)36)23-13-12-22(19-20(23)2)42-21-10-6-4-7-11-21/h4,6-7,10-15,19,28,38H,3,5,8-9,16-18,35-37H2,1-2H3,(H,39,41)/t28-,34-/m0/s1. The molecule has 4 aromatic rings. The lowest BCUT2D eigenvalue weighted by atomic mass is 9.69. The normalized spacial score (nSPS) is 21.1. The molecule has 9 heteroatoms. The molecule has 3 aromatic carbocycles. The Morgan fingerprint density at radius 2 is 1.74 bits per heavy atom. The molecule has 2 aliphatic carbocycles. The van der Waals surface area contributed by atoms with Gasteiger partial charge in [0.25, 0.3) is 5.91 Å². The van der Waals surface area contributed by atoms with Gasteiger partial charge in [-0.25, -0.2) is 0 Å². The number of ketones is 1. The molecule has 6 rings (SSSR count). The first-order valence-corrected chi connectivity index (χ1v) is 15.9. The van der Waals surface area contributed by atoms with E-state index in [1.807, 2.05) is 55.5 Å². The number of benzene rings is 3. The molecule has 43 heavy (non-hydrogen) atoms. The van der Waals surface area contributed by atoms with Gasteiger partial charge in [0.05, 0.1) is 21.3 Å². The first-order chi connectivity index (χ1) is 20.7. The monoisotopic (exact) mass is 597 g/mol. The van der Waals surface area contributed by atoms with E-state index < -0.39 is 17.2 Å². The highest BCUT2D eigenvalue weighted by atomic mass is 32.1. The minimum atomic E-state index is -1.53. The van der Waals surface area contributed by atoms with Gasteiger partial charge in [-0.2, -0.15) is 0 Å². The number of hydrogen-bond donors (Lipinski definition) is 5. The molecule has 0 radical (unpaired) electrons. The highest BCUT2D eigenvalue weighted by molar-refractivity contribution is 7.21. The van der Waals surface area contributed by atoms with Crippen LogP contribution in [0.1, 0.15) is 83.4 Å². The number of carbonyl (C=O) groups excluding carboxylic acids is 2. The summed E-state index contributed by atoms with van der Waals surface area (Å²) in [5.41, 5.74) is 21.4. The molecule has 8 N–H and O–H groups in total. The number of amides is 1. The Bertz CT molecular complexity index is 1700. The molecule has 8 nitrogen and oxygen atoms in total. The van der Waals surface area contributed by atoms with Crippen LogP contribution in [0.25, 0.3) is 10.1 Å². The highest BCUT2D eigenvalue weighted by Gasteiger charge is 2.49. The number of rotatable bonds is 8. The second-order valence-electron chi connectivity index (χ2n) is 11.8. The lowest BCUT2D eigenvalue weighted by Crippen LogP contribution is -2.60. The van der Waals surface area contributed by atoms with Gasteiger partial charge >= 0.3 is 0 Å². The molecule has 0 spiro atoms. The summed E-state index contributed by atoms with van der Waals surface area (Å²) in [7, 11) is 0. The van der Waals surface area contributed by atoms with Crippen molar-refractivity contribution in [3.63, 3.8) is 0 Å². The number of Topliss-reactive ketones (excluding diaryl/α,β-unsaturated/α-hetero) is 1. The van der Waals surface area contributed by atoms with Crippen molar-refractivity contribution in [2.24, 2.45) is 11.5 Å². The number of thiophene rings is 1. The molecular weight excluding hydrogens is 558 g/mol. The molecule has 1 saturated carbocycles. The van der Waals surface area contributed by atoms with Gasteiger partial charge in [0.2, 0.25) is 0 Å². The molecule has 0 unspecified atom stereocenters. The minimum absolute atomic E-state index is 0.238. The smallest absolute Gasteiger partial charge is 0.263 e. The summed E-state index contributed by atoms with van der Waals surface area (Å²) in [5.74, 6) is 0.740. The summed E-state index contributed by atoms with van der Waals surface area (Å²) in [5, 5.41) is 7.61. The largest absolute Gasteiger partial charge is 0.457 e. The molecule has 224 valence electrons. The number of ether oxygens (including phenoxy) is 1. The van der Waals surface area contributed by atoms with Crippen molar-refractivity contribution in [1.82, 2.24) is 10.6 Å². The molecule has 0 saturated heterocycles. The SMILES string of the molecule is CCCNC1(NC(=O)c2sc3c(N)ccc4c3c2[C@H](N)C(=O)[C@]4(N)c2ccc(Oc3ccccc3)cc2C)CCCCC1. The number of nitrogens with one attached hydrogen (secondary N) is 2. The van der Waals surface area contributed by atoms with E-state index in [0.29, 0.717) is 44.1 Å². The molecule has 1 amide bonds.